The van der Waals surface area contributed by atoms with Crippen molar-refractivity contribution < 1.29 is 9.47 Å². The fourth-order valence-corrected chi connectivity index (χ4v) is 2.70. The standard InChI is InChI=1S/C12H14ClNO2/c13-8-1-2-11-9(5-8)10(14)6-12(16-11)3-4-15-7-12/h1-2,5,10H,3-4,6-7,14H2/t10-,12?/m0/s1. The van der Waals surface area contributed by atoms with E-state index in [-0.39, 0.29) is 11.6 Å². The number of benzene rings is 1. The minimum absolute atomic E-state index is 0.0100. The zero-order chi connectivity index (χ0) is 11.2. The highest BCUT2D eigenvalue weighted by molar-refractivity contribution is 6.30. The number of hydrogen-bond donors (Lipinski definition) is 1. The van der Waals surface area contributed by atoms with Crippen LogP contribution in [0.25, 0.3) is 0 Å². The average Bonchev–Trinajstić information content (AvgIpc) is 2.68. The van der Waals surface area contributed by atoms with Gasteiger partial charge in [-0.15, -0.1) is 0 Å². The summed E-state index contributed by atoms with van der Waals surface area (Å²) in [7, 11) is 0. The van der Waals surface area contributed by atoms with Crippen molar-refractivity contribution in [2.45, 2.75) is 24.5 Å². The molecule has 1 aromatic carbocycles. The number of hydrogen-bond acceptors (Lipinski definition) is 3. The second-order valence-corrected chi connectivity index (χ2v) is 5.02. The van der Waals surface area contributed by atoms with Gasteiger partial charge in [0.05, 0.1) is 13.2 Å². The summed E-state index contributed by atoms with van der Waals surface area (Å²) in [5.41, 5.74) is 6.97. The van der Waals surface area contributed by atoms with E-state index < -0.39 is 0 Å². The lowest BCUT2D eigenvalue weighted by Crippen LogP contribution is -2.43. The van der Waals surface area contributed by atoms with E-state index in [1.54, 1.807) is 0 Å². The second-order valence-electron chi connectivity index (χ2n) is 4.58. The SMILES string of the molecule is N[C@H]1CC2(CCOC2)Oc2ccc(Cl)cc21. The second kappa shape index (κ2) is 3.62. The predicted octanol–water partition coefficient (Wildman–Crippen LogP) is 2.28. The third kappa shape index (κ3) is 1.59. The molecule has 0 bridgehead atoms. The fraction of sp³-hybridized carbons (Fsp3) is 0.500. The number of halogens is 1. The molecule has 1 aromatic rings. The Morgan fingerprint density at radius 1 is 1.44 bits per heavy atom. The van der Waals surface area contributed by atoms with Gasteiger partial charge in [0.15, 0.2) is 0 Å². The topological polar surface area (TPSA) is 44.5 Å². The molecule has 2 aliphatic rings. The molecule has 0 aliphatic carbocycles. The molecule has 2 heterocycles. The van der Waals surface area contributed by atoms with Crippen LogP contribution in [0.5, 0.6) is 5.75 Å². The van der Waals surface area contributed by atoms with Gasteiger partial charge in [0.1, 0.15) is 11.4 Å². The van der Waals surface area contributed by atoms with Crippen molar-refractivity contribution >= 4 is 11.6 Å². The van der Waals surface area contributed by atoms with Crippen LogP contribution in [-0.2, 0) is 4.74 Å². The smallest absolute Gasteiger partial charge is 0.136 e. The van der Waals surface area contributed by atoms with E-state index in [0.717, 1.165) is 30.8 Å². The van der Waals surface area contributed by atoms with Crippen LogP contribution >= 0.6 is 11.6 Å². The van der Waals surface area contributed by atoms with Crippen LogP contribution in [-0.4, -0.2) is 18.8 Å². The lowest BCUT2D eigenvalue weighted by atomic mass is 9.87. The minimum Gasteiger partial charge on any atom is -0.484 e. The van der Waals surface area contributed by atoms with Gasteiger partial charge < -0.3 is 15.2 Å². The Morgan fingerprint density at radius 2 is 2.31 bits per heavy atom. The Morgan fingerprint density at radius 3 is 3.06 bits per heavy atom. The van der Waals surface area contributed by atoms with Gasteiger partial charge in [-0.1, -0.05) is 11.6 Å². The van der Waals surface area contributed by atoms with E-state index in [1.165, 1.54) is 0 Å². The van der Waals surface area contributed by atoms with Crippen LogP contribution in [0.2, 0.25) is 5.02 Å². The lowest BCUT2D eigenvalue weighted by Gasteiger charge is -2.37. The third-order valence-electron chi connectivity index (χ3n) is 3.36. The van der Waals surface area contributed by atoms with E-state index in [2.05, 4.69) is 0 Å². The quantitative estimate of drug-likeness (QED) is 0.756. The Hall–Kier alpha value is -0.770. The molecule has 2 aliphatic heterocycles. The highest BCUT2D eigenvalue weighted by Crippen LogP contribution is 2.42. The molecule has 2 N–H and O–H groups in total. The molecule has 1 fully saturated rings. The van der Waals surface area contributed by atoms with E-state index in [1.807, 2.05) is 18.2 Å². The van der Waals surface area contributed by atoms with Crippen LogP contribution < -0.4 is 10.5 Å². The molecule has 1 unspecified atom stereocenters. The molecule has 4 heteroatoms. The van der Waals surface area contributed by atoms with Crippen molar-refractivity contribution in [3.05, 3.63) is 28.8 Å². The Balaban J connectivity index is 1.99. The van der Waals surface area contributed by atoms with Crippen LogP contribution in [0, 0.1) is 0 Å². The molecule has 0 amide bonds. The van der Waals surface area contributed by atoms with Gasteiger partial charge in [0, 0.05) is 29.5 Å². The van der Waals surface area contributed by atoms with Gasteiger partial charge in [-0.2, -0.15) is 0 Å². The molecule has 2 atom stereocenters. The molecule has 86 valence electrons. The molecular weight excluding hydrogens is 226 g/mol. The van der Waals surface area contributed by atoms with Gasteiger partial charge in [0.25, 0.3) is 0 Å². The maximum Gasteiger partial charge on any atom is 0.136 e. The van der Waals surface area contributed by atoms with Gasteiger partial charge in [-0.05, 0) is 18.2 Å². The summed E-state index contributed by atoms with van der Waals surface area (Å²) in [5.74, 6) is 0.855. The Kier molecular flexibility index (Phi) is 2.35. The van der Waals surface area contributed by atoms with Gasteiger partial charge in [-0.3, -0.25) is 0 Å². The first kappa shape index (κ1) is 10.4. The Labute approximate surface area is 99.5 Å². The zero-order valence-electron chi connectivity index (χ0n) is 8.91. The van der Waals surface area contributed by atoms with E-state index >= 15 is 0 Å². The molecule has 3 nitrogen and oxygen atoms in total. The van der Waals surface area contributed by atoms with Gasteiger partial charge >= 0.3 is 0 Å². The van der Waals surface area contributed by atoms with E-state index in [4.69, 9.17) is 26.8 Å². The highest BCUT2D eigenvalue weighted by atomic mass is 35.5. The maximum atomic E-state index is 6.18. The van der Waals surface area contributed by atoms with Crippen LogP contribution in [0.3, 0.4) is 0 Å². The largest absolute Gasteiger partial charge is 0.484 e. The summed E-state index contributed by atoms with van der Waals surface area (Å²) in [6.07, 6.45) is 1.73. The lowest BCUT2D eigenvalue weighted by molar-refractivity contribution is 0.0235. The number of rotatable bonds is 0. The normalized spacial score (nSPS) is 32.5. The van der Waals surface area contributed by atoms with Crippen molar-refractivity contribution in [2.75, 3.05) is 13.2 Å². The van der Waals surface area contributed by atoms with Crippen molar-refractivity contribution in [2.24, 2.45) is 5.73 Å². The maximum absolute atomic E-state index is 6.18. The highest BCUT2D eigenvalue weighted by Gasteiger charge is 2.43. The molecule has 16 heavy (non-hydrogen) atoms. The third-order valence-corrected chi connectivity index (χ3v) is 3.59. The monoisotopic (exact) mass is 239 g/mol. The van der Waals surface area contributed by atoms with Crippen molar-refractivity contribution in [1.82, 2.24) is 0 Å². The first-order valence-corrected chi connectivity index (χ1v) is 5.88. The molecule has 3 rings (SSSR count). The molecule has 0 radical (unpaired) electrons. The molecule has 1 spiro atoms. The summed E-state index contributed by atoms with van der Waals surface area (Å²) in [6.45, 7) is 1.40. The van der Waals surface area contributed by atoms with E-state index in [9.17, 15) is 0 Å². The van der Waals surface area contributed by atoms with Crippen LogP contribution in [0.4, 0.5) is 0 Å². The van der Waals surface area contributed by atoms with Crippen LogP contribution in [0.15, 0.2) is 18.2 Å². The fourth-order valence-electron chi connectivity index (χ4n) is 2.52. The van der Waals surface area contributed by atoms with Crippen molar-refractivity contribution in [3.8, 4) is 5.75 Å². The minimum atomic E-state index is -0.208. The van der Waals surface area contributed by atoms with E-state index in [0.29, 0.717) is 11.6 Å². The molecular formula is C12H14ClNO2. The Bertz CT molecular complexity index is 415. The number of ether oxygens (including phenoxy) is 2. The molecule has 0 aromatic heterocycles. The van der Waals surface area contributed by atoms with Gasteiger partial charge in [-0.25, -0.2) is 0 Å². The summed E-state index contributed by atoms with van der Waals surface area (Å²) in [5, 5.41) is 0.705. The van der Waals surface area contributed by atoms with Crippen molar-refractivity contribution in [3.63, 3.8) is 0 Å². The van der Waals surface area contributed by atoms with Gasteiger partial charge in [0.2, 0.25) is 0 Å². The summed E-state index contributed by atoms with van der Waals surface area (Å²) in [6, 6.07) is 5.62. The first-order valence-electron chi connectivity index (χ1n) is 5.50. The first-order chi connectivity index (χ1) is 7.69. The number of fused-ring (bicyclic) bond motifs is 1. The molecule has 0 saturated carbocycles. The number of nitrogens with two attached hydrogens (primary N) is 1. The van der Waals surface area contributed by atoms with Crippen molar-refractivity contribution in [1.29, 1.82) is 0 Å². The zero-order valence-corrected chi connectivity index (χ0v) is 9.67. The summed E-state index contributed by atoms with van der Waals surface area (Å²) >= 11 is 5.96. The molecule has 1 saturated heterocycles. The average molecular weight is 240 g/mol. The summed E-state index contributed by atoms with van der Waals surface area (Å²) in [4.78, 5) is 0. The predicted molar refractivity (Wildman–Crippen MR) is 61.8 cm³/mol. The summed E-state index contributed by atoms with van der Waals surface area (Å²) < 4.78 is 11.5. The van der Waals surface area contributed by atoms with Crippen LogP contribution in [0.1, 0.15) is 24.4 Å².